The van der Waals surface area contributed by atoms with Crippen molar-refractivity contribution in [2.45, 2.75) is 25.7 Å². The quantitative estimate of drug-likeness (QED) is 0.470. The van der Waals surface area contributed by atoms with Crippen LogP contribution in [0.2, 0.25) is 0 Å². The van der Waals surface area contributed by atoms with Gasteiger partial charge in [-0.2, -0.15) is 0 Å². The Morgan fingerprint density at radius 3 is 2.03 bits per heavy atom. The number of benzene rings is 1. The molecule has 0 saturated carbocycles. The van der Waals surface area contributed by atoms with Gasteiger partial charge in [0.15, 0.2) is 0 Å². The maximum absolute atomic E-state index is 10.7. The van der Waals surface area contributed by atoms with E-state index in [1.54, 1.807) is 12.4 Å². The van der Waals surface area contributed by atoms with Crippen LogP contribution in [0.5, 0.6) is 0 Å². The summed E-state index contributed by atoms with van der Waals surface area (Å²) in [6.07, 6.45) is 5.98. The smallest absolute Gasteiger partial charge is 0.303 e. The molecule has 0 aliphatic heterocycles. The van der Waals surface area contributed by atoms with Crippen molar-refractivity contribution in [1.29, 1.82) is 0 Å². The summed E-state index contributed by atoms with van der Waals surface area (Å²) in [5.74, 6) is -0.753. The van der Waals surface area contributed by atoms with Crippen LogP contribution in [0.15, 0.2) is 67.0 Å². The number of pyridine rings is 2. The lowest BCUT2D eigenvalue weighted by molar-refractivity contribution is -0.137. The average molecular weight is 384 g/mol. The zero-order valence-electron chi connectivity index (χ0n) is 15.8. The van der Waals surface area contributed by atoms with Gasteiger partial charge < -0.3 is 5.11 Å². The van der Waals surface area contributed by atoms with Crippen LogP contribution < -0.4 is 0 Å². The lowest BCUT2D eigenvalue weighted by Crippen LogP contribution is -1.99. The zero-order chi connectivity index (χ0) is 20.1. The van der Waals surface area contributed by atoms with Crippen LogP contribution in [0.3, 0.4) is 0 Å². The molecule has 3 heterocycles. The van der Waals surface area contributed by atoms with Gasteiger partial charge in [0.2, 0.25) is 0 Å². The summed E-state index contributed by atoms with van der Waals surface area (Å²) in [6.45, 7) is 0. The zero-order valence-corrected chi connectivity index (χ0v) is 15.8. The third-order valence-electron chi connectivity index (χ3n) is 4.65. The molecule has 6 nitrogen and oxygen atoms in total. The number of aromatic nitrogens is 4. The van der Waals surface area contributed by atoms with Gasteiger partial charge in [-0.25, -0.2) is 9.97 Å². The van der Waals surface area contributed by atoms with E-state index in [1.807, 2.05) is 54.6 Å². The third kappa shape index (κ3) is 4.43. The second kappa shape index (κ2) is 8.56. The Morgan fingerprint density at radius 2 is 1.45 bits per heavy atom. The molecule has 0 spiro atoms. The summed E-state index contributed by atoms with van der Waals surface area (Å²) in [4.78, 5) is 29.3. The van der Waals surface area contributed by atoms with E-state index in [1.165, 1.54) is 0 Å². The Morgan fingerprint density at radius 1 is 0.793 bits per heavy atom. The number of unbranched alkanes of at least 4 members (excludes halogenated alkanes) is 1. The van der Waals surface area contributed by atoms with Crippen LogP contribution in [-0.2, 0) is 11.2 Å². The molecule has 0 unspecified atom stereocenters. The van der Waals surface area contributed by atoms with Crippen LogP contribution in [0.4, 0.5) is 0 Å². The highest BCUT2D eigenvalue weighted by Gasteiger charge is 2.15. The minimum Gasteiger partial charge on any atom is -0.481 e. The molecule has 0 amide bonds. The van der Waals surface area contributed by atoms with Gasteiger partial charge in [0, 0.05) is 18.8 Å². The Bertz CT molecular complexity index is 1130. The SMILES string of the molecule is O=C(O)CCCCc1ccc2nc(-c3ccccn3)c(-c3ccccn3)nc2c1. The van der Waals surface area contributed by atoms with Crippen molar-refractivity contribution in [3.05, 3.63) is 72.6 Å². The van der Waals surface area contributed by atoms with E-state index >= 15 is 0 Å². The lowest BCUT2D eigenvalue weighted by Gasteiger charge is -2.10. The molecule has 0 aliphatic rings. The first-order chi connectivity index (χ1) is 14.2. The van der Waals surface area contributed by atoms with E-state index in [2.05, 4.69) is 9.97 Å². The number of carboxylic acid groups (broad SMARTS) is 1. The molecular formula is C23H20N4O2. The highest BCUT2D eigenvalue weighted by atomic mass is 16.4. The van der Waals surface area contributed by atoms with Crippen molar-refractivity contribution in [1.82, 2.24) is 19.9 Å². The summed E-state index contributed by atoms with van der Waals surface area (Å²) in [6, 6.07) is 17.4. The van der Waals surface area contributed by atoms with Crippen molar-refractivity contribution in [3.8, 4) is 22.8 Å². The van der Waals surface area contributed by atoms with Crippen molar-refractivity contribution in [3.63, 3.8) is 0 Å². The number of carboxylic acids is 1. The number of hydrogen-bond acceptors (Lipinski definition) is 5. The molecule has 144 valence electrons. The summed E-state index contributed by atoms with van der Waals surface area (Å²) in [5, 5.41) is 8.78. The minimum absolute atomic E-state index is 0.199. The van der Waals surface area contributed by atoms with E-state index in [0.717, 1.165) is 40.8 Å². The Balaban J connectivity index is 1.74. The first-order valence-electron chi connectivity index (χ1n) is 9.56. The predicted octanol–water partition coefficient (Wildman–Crippen LogP) is 4.55. The van der Waals surface area contributed by atoms with Crippen molar-refractivity contribution in [2.75, 3.05) is 0 Å². The highest BCUT2D eigenvalue weighted by molar-refractivity contribution is 5.84. The first-order valence-corrected chi connectivity index (χ1v) is 9.56. The Labute approximate surface area is 168 Å². The van der Waals surface area contributed by atoms with Crippen molar-refractivity contribution >= 4 is 17.0 Å². The van der Waals surface area contributed by atoms with Crippen LogP contribution in [0.1, 0.15) is 24.8 Å². The number of aliphatic carboxylic acids is 1. The van der Waals surface area contributed by atoms with Gasteiger partial charge in [-0.15, -0.1) is 0 Å². The molecule has 0 aliphatic carbocycles. The second-order valence-electron chi connectivity index (χ2n) is 6.77. The Kier molecular flexibility index (Phi) is 5.52. The molecule has 1 aromatic carbocycles. The largest absolute Gasteiger partial charge is 0.481 e. The van der Waals surface area contributed by atoms with E-state index in [4.69, 9.17) is 15.1 Å². The maximum atomic E-state index is 10.7. The molecule has 0 radical (unpaired) electrons. The number of rotatable bonds is 7. The summed E-state index contributed by atoms with van der Waals surface area (Å²) < 4.78 is 0. The van der Waals surface area contributed by atoms with Gasteiger partial charge in [0.1, 0.15) is 11.4 Å². The van der Waals surface area contributed by atoms with Crippen LogP contribution >= 0.6 is 0 Å². The fourth-order valence-corrected chi connectivity index (χ4v) is 3.22. The number of nitrogens with zero attached hydrogens (tertiary/aromatic N) is 4. The fraction of sp³-hybridized carbons (Fsp3) is 0.174. The van der Waals surface area contributed by atoms with E-state index in [0.29, 0.717) is 17.8 Å². The highest BCUT2D eigenvalue weighted by Crippen LogP contribution is 2.29. The van der Waals surface area contributed by atoms with Gasteiger partial charge in [-0.05, 0) is 61.2 Å². The maximum Gasteiger partial charge on any atom is 0.303 e. The van der Waals surface area contributed by atoms with E-state index in [-0.39, 0.29) is 6.42 Å². The molecule has 4 rings (SSSR count). The van der Waals surface area contributed by atoms with Crippen LogP contribution in [0.25, 0.3) is 33.8 Å². The summed E-state index contributed by atoms with van der Waals surface area (Å²) >= 11 is 0. The fourth-order valence-electron chi connectivity index (χ4n) is 3.22. The molecule has 6 heteroatoms. The van der Waals surface area contributed by atoms with Crippen LogP contribution in [-0.4, -0.2) is 31.0 Å². The monoisotopic (exact) mass is 384 g/mol. The van der Waals surface area contributed by atoms with E-state index in [9.17, 15) is 4.79 Å². The summed E-state index contributed by atoms with van der Waals surface area (Å²) in [7, 11) is 0. The lowest BCUT2D eigenvalue weighted by atomic mass is 10.1. The molecule has 29 heavy (non-hydrogen) atoms. The van der Waals surface area contributed by atoms with E-state index < -0.39 is 5.97 Å². The molecule has 3 aromatic heterocycles. The number of carbonyl (C=O) groups is 1. The molecule has 1 N–H and O–H groups in total. The molecule has 4 aromatic rings. The van der Waals surface area contributed by atoms with Crippen molar-refractivity contribution < 1.29 is 9.90 Å². The van der Waals surface area contributed by atoms with Gasteiger partial charge in [-0.1, -0.05) is 18.2 Å². The van der Waals surface area contributed by atoms with Gasteiger partial charge >= 0.3 is 5.97 Å². The topological polar surface area (TPSA) is 88.9 Å². The Hall–Kier alpha value is -3.67. The van der Waals surface area contributed by atoms with Crippen molar-refractivity contribution in [2.24, 2.45) is 0 Å². The molecular weight excluding hydrogens is 364 g/mol. The number of aryl methyl sites for hydroxylation is 1. The molecule has 0 fully saturated rings. The first kappa shape index (κ1) is 18.7. The number of hydrogen-bond donors (Lipinski definition) is 1. The second-order valence-corrected chi connectivity index (χ2v) is 6.77. The third-order valence-corrected chi connectivity index (χ3v) is 4.65. The average Bonchev–Trinajstić information content (AvgIpc) is 2.77. The molecule has 0 atom stereocenters. The minimum atomic E-state index is -0.753. The van der Waals surface area contributed by atoms with Crippen LogP contribution in [0, 0.1) is 0 Å². The van der Waals surface area contributed by atoms with Gasteiger partial charge in [-0.3, -0.25) is 14.8 Å². The van der Waals surface area contributed by atoms with Gasteiger partial charge in [0.05, 0.1) is 22.4 Å². The van der Waals surface area contributed by atoms with Gasteiger partial charge in [0.25, 0.3) is 0 Å². The standard InChI is InChI=1S/C23H20N4O2/c28-21(29)10-2-1-7-16-11-12-17-20(15-16)27-23(19-9-4-6-14-25-19)22(26-17)18-8-3-5-13-24-18/h3-6,8-9,11-15H,1-2,7,10H2,(H,28,29). The normalized spacial score (nSPS) is 10.9. The molecule has 0 bridgehead atoms. The number of fused-ring (bicyclic) bond motifs is 1. The molecule has 0 saturated heterocycles. The summed E-state index contributed by atoms with van der Waals surface area (Å²) in [5.41, 5.74) is 5.59. The predicted molar refractivity (Wildman–Crippen MR) is 111 cm³/mol.